The topological polar surface area (TPSA) is 29.5 Å². The van der Waals surface area contributed by atoms with Crippen LogP contribution in [0.25, 0.3) is 10.4 Å². The van der Waals surface area contributed by atoms with Crippen molar-refractivity contribution in [1.29, 1.82) is 0 Å². The van der Waals surface area contributed by atoms with Crippen LogP contribution in [0.5, 0.6) is 5.75 Å². The van der Waals surface area contributed by atoms with Crippen molar-refractivity contribution in [3.63, 3.8) is 0 Å². The Morgan fingerprint density at radius 2 is 1.89 bits per heavy atom. The number of nitrogens with zero attached hydrogens (tertiary/aromatic N) is 1. The number of amides is 1. The molecule has 2 aromatic carbocycles. The highest BCUT2D eigenvalue weighted by atomic mass is 32.2. The Labute approximate surface area is 174 Å². The van der Waals surface area contributed by atoms with E-state index in [0.29, 0.717) is 13.2 Å². The second-order valence-electron chi connectivity index (χ2n) is 6.63. The summed E-state index contributed by atoms with van der Waals surface area (Å²) in [4.78, 5) is 18.6. The van der Waals surface area contributed by atoms with E-state index >= 15 is 0 Å². The fourth-order valence-corrected chi connectivity index (χ4v) is 5.76. The van der Waals surface area contributed by atoms with Crippen molar-refractivity contribution in [2.24, 2.45) is 0 Å². The Balaban J connectivity index is 1.65. The fraction of sp³-hybridized carbons (Fsp3) is 0.261. The summed E-state index contributed by atoms with van der Waals surface area (Å²) in [6.07, 6.45) is 0.905. The van der Waals surface area contributed by atoms with Crippen LogP contribution in [-0.4, -0.2) is 19.1 Å². The van der Waals surface area contributed by atoms with Crippen molar-refractivity contribution >= 4 is 34.7 Å². The predicted molar refractivity (Wildman–Crippen MR) is 119 cm³/mol. The molecule has 28 heavy (non-hydrogen) atoms. The van der Waals surface area contributed by atoms with Crippen LogP contribution in [0.3, 0.4) is 0 Å². The van der Waals surface area contributed by atoms with Gasteiger partial charge < -0.3 is 9.64 Å². The minimum Gasteiger partial charge on any atom is -0.494 e. The molecule has 3 nitrogen and oxygen atoms in total. The summed E-state index contributed by atoms with van der Waals surface area (Å²) in [5, 5.41) is 0. The van der Waals surface area contributed by atoms with E-state index in [-0.39, 0.29) is 5.91 Å². The molecule has 1 amide bonds. The molecule has 0 fully saturated rings. The molecule has 0 radical (unpaired) electrons. The number of rotatable bonds is 6. The summed E-state index contributed by atoms with van der Waals surface area (Å²) >= 11 is 3.46. The van der Waals surface area contributed by atoms with E-state index in [4.69, 9.17) is 4.74 Å². The molecule has 2 heterocycles. The maximum Gasteiger partial charge on any atom is 0.268 e. The molecule has 3 aromatic rings. The van der Waals surface area contributed by atoms with Crippen LogP contribution in [0.4, 0.5) is 5.69 Å². The molecule has 1 aliphatic heterocycles. The molecule has 0 bridgehead atoms. The van der Waals surface area contributed by atoms with Crippen molar-refractivity contribution in [1.82, 2.24) is 0 Å². The lowest BCUT2D eigenvalue weighted by Gasteiger charge is -2.22. The maximum absolute atomic E-state index is 13.4. The zero-order chi connectivity index (χ0) is 19.5. The summed E-state index contributed by atoms with van der Waals surface area (Å²) < 4.78 is 5.53. The summed E-state index contributed by atoms with van der Waals surface area (Å²) in [6.45, 7) is 5.40. The number of fused-ring (bicyclic) bond motifs is 3. The summed E-state index contributed by atoms with van der Waals surface area (Å²) in [6, 6.07) is 18.3. The number of hydrogen-bond acceptors (Lipinski definition) is 4. The highest BCUT2D eigenvalue weighted by Gasteiger charge is 2.25. The molecule has 0 N–H and O–H groups in total. The zero-order valence-electron chi connectivity index (χ0n) is 16.1. The van der Waals surface area contributed by atoms with Crippen molar-refractivity contribution in [2.45, 2.75) is 30.9 Å². The van der Waals surface area contributed by atoms with Gasteiger partial charge >= 0.3 is 0 Å². The molecular weight excluding hydrogens is 386 g/mol. The smallest absolute Gasteiger partial charge is 0.268 e. The van der Waals surface area contributed by atoms with Gasteiger partial charge in [-0.3, -0.25) is 4.79 Å². The average molecular weight is 410 g/mol. The van der Waals surface area contributed by atoms with Gasteiger partial charge in [0.2, 0.25) is 0 Å². The van der Waals surface area contributed by atoms with Crippen LogP contribution in [0.15, 0.2) is 59.5 Å². The van der Waals surface area contributed by atoms with Gasteiger partial charge in [-0.2, -0.15) is 0 Å². The monoisotopic (exact) mass is 409 g/mol. The minimum atomic E-state index is 0.0768. The Bertz CT molecular complexity index is 979. The number of thiophene rings is 1. The quantitative estimate of drug-likeness (QED) is 0.467. The SMILES string of the molecule is CCCN(C(=O)c1cc2c(s1)-c1ccccc1SC2)c1ccc(OCC)cc1. The molecule has 0 saturated carbocycles. The maximum atomic E-state index is 13.4. The van der Waals surface area contributed by atoms with E-state index in [2.05, 4.69) is 37.3 Å². The van der Waals surface area contributed by atoms with Gasteiger partial charge in [-0.1, -0.05) is 25.1 Å². The van der Waals surface area contributed by atoms with E-state index in [1.165, 1.54) is 20.9 Å². The van der Waals surface area contributed by atoms with Gasteiger partial charge in [0.1, 0.15) is 5.75 Å². The normalized spacial score (nSPS) is 12.2. The first kappa shape index (κ1) is 19.1. The molecule has 0 aliphatic carbocycles. The Morgan fingerprint density at radius 1 is 1.11 bits per heavy atom. The number of benzene rings is 2. The van der Waals surface area contributed by atoms with Gasteiger partial charge in [-0.15, -0.1) is 23.1 Å². The van der Waals surface area contributed by atoms with Crippen LogP contribution in [0.1, 0.15) is 35.5 Å². The second kappa shape index (κ2) is 8.41. The molecule has 0 unspecified atom stereocenters. The van der Waals surface area contributed by atoms with Crippen LogP contribution < -0.4 is 9.64 Å². The van der Waals surface area contributed by atoms with Gasteiger partial charge in [0.25, 0.3) is 5.91 Å². The van der Waals surface area contributed by atoms with Crippen molar-refractivity contribution < 1.29 is 9.53 Å². The molecule has 1 aromatic heterocycles. The van der Waals surface area contributed by atoms with Gasteiger partial charge in [0.15, 0.2) is 0 Å². The first-order chi connectivity index (χ1) is 13.7. The van der Waals surface area contributed by atoms with Crippen LogP contribution >= 0.6 is 23.1 Å². The van der Waals surface area contributed by atoms with Crippen molar-refractivity contribution in [3.8, 4) is 16.2 Å². The van der Waals surface area contributed by atoms with E-state index in [1.54, 1.807) is 11.3 Å². The van der Waals surface area contributed by atoms with E-state index < -0.39 is 0 Å². The first-order valence-electron chi connectivity index (χ1n) is 9.61. The lowest BCUT2D eigenvalue weighted by Crippen LogP contribution is -2.31. The highest BCUT2D eigenvalue weighted by molar-refractivity contribution is 7.98. The van der Waals surface area contributed by atoms with Gasteiger partial charge in [0, 0.05) is 33.3 Å². The summed E-state index contributed by atoms with van der Waals surface area (Å²) in [5.74, 6) is 1.83. The molecule has 4 rings (SSSR count). The van der Waals surface area contributed by atoms with Crippen molar-refractivity contribution in [3.05, 3.63) is 65.0 Å². The lowest BCUT2D eigenvalue weighted by molar-refractivity contribution is 0.0990. The predicted octanol–water partition coefficient (Wildman–Crippen LogP) is 6.48. The first-order valence-corrected chi connectivity index (χ1v) is 11.4. The third-order valence-electron chi connectivity index (χ3n) is 4.69. The molecule has 0 spiro atoms. The molecule has 1 aliphatic rings. The highest BCUT2D eigenvalue weighted by Crippen LogP contribution is 2.45. The second-order valence-corrected chi connectivity index (χ2v) is 8.70. The number of ether oxygens (including phenoxy) is 1. The third-order valence-corrected chi connectivity index (χ3v) is 7.01. The van der Waals surface area contributed by atoms with E-state index in [0.717, 1.165) is 28.5 Å². The van der Waals surface area contributed by atoms with E-state index in [9.17, 15) is 4.79 Å². The Morgan fingerprint density at radius 3 is 2.64 bits per heavy atom. The number of thioether (sulfide) groups is 1. The lowest BCUT2D eigenvalue weighted by atomic mass is 10.1. The number of carbonyl (C=O) groups is 1. The van der Waals surface area contributed by atoms with Gasteiger partial charge in [-0.25, -0.2) is 0 Å². The Kier molecular flexibility index (Phi) is 5.74. The molecular formula is C23H23NO2S2. The van der Waals surface area contributed by atoms with Crippen LogP contribution in [-0.2, 0) is 5.75 Å². The van der Waals surface area contributed by atoms with E-state index in [1.807, 2.05) is 47.9 Å². The number of anilines is 1. The summed E-state index contributed by atoms with van der Waals surface area (Å²) in [7, 11) is 0. The zero-order valence-corrected chi connectivity index (χ0v) is 17.7. The largest absolute Gasteiger partial charge is 0.494 e. The number of hydrogen-bond donors (Lipinski definition) is 0. The fourth-order valence-electron chi connectivity index (χ4n) is 3.40. The van der Waals surface area contributed by atoms with Crippen molar-refractivity contribution in [2.75, 3.05) is 18.1 Å². The van der Waals surface area contributed by atoms with Gasteiger partial charge in [-0.05, 0) is 55.3 Å². The standard InChI is InChI=1S/C23H23NO2S2/c1-3-13-24(17-9-11-18(12-10-17)26-4-2)23(25)21-14-16-15-27-20-8-6-5-7-19(20)22(16)28-21/h5-12,14H,3-4,13,15H2,1-2H3. The number of carbonyl (C=O) groups excluding carboxylic acids is 1. The molecule has 144 valence electrons. The minimum absolute atomic E-state index is 0.0768. The van der Waals surface area contributed by atoms with Crippen LogP contribution in [0, 0.1) is 0 Å². The van der Waals surface area contributed by atoms with Crippen LogP contribution in [0.2, 0.25) is 0 Å². The van der Waals surface area contributed by atoms with Gasteiger partial charge in [0.05, 0.1) is 11.5 Å². The third kappa shape index (κ3) is 3.69. The average Bonchev–Trinajstić information content (AvgIpc) is 3.17. The molecule has 0 atom stereocenters. The summed E-state index contributed by atoms with van der Waals surface area (Å²) in [5.41, 5.74) is 3.43. The molecule has 5 heteroatoms. The Hall–Kier alpha value is -2.24. The molecule has 0 saturated heterocycles.